The molecule has 6 rings (SSSR count). The maximum atomic E-state index is 13.6. The minimum atomic E-state index is -1.08. The van der Waals surface area contributed by atoms with Crippen LogP contribution in [0.2, 0.25) is 0 Å². The summed E-state index contributed by atoms with van der Waals surface area (Å²) in [6.07, 6.45) is 3.13. The van der Waals surface area contributed by atoms with Gasteiger partial charge in [0.05, 0.1) is 6.10 Å². The number of hydrogen-bond acceptors (Lipinski definition) is 10. The molecule has 2 unspecified atom stereocenters. The molecule has 1 amide bonds. The molecule has 4 bridgehead atoms. The summed E-state index contributed by atoms with van der Waals surface area (Å²) in [7, 11) is 1.42. The van der Waals surface area contributed by atoms with Gasteiger partial charge in [0.1, 0.15) is 35.7 Å². The molecule has 3 N–H and O–H groups in total. The normalized spacial score (nSPS) is 36.2. The second-order valence-electron chi connectivity index (χ2n) is 13.9. The first-order valence-corrected chi connectivity index (χ1v) is 17.3. The van der Waals surface area contributed by atoms with Crippen LogP contribution < -0.4 is 5.32 Å². The van der Waals surface area contributed by atoms with Gasteiger partial charge < -0.3 is 39.1 Å². The number of benzene rings is 1. The molecule has 1 aromatic heterocycles. The van der Waals surface area contributed by atoms with Gasteiger partial charge in [0.2, 0.25) is 0 Å². The third-order valence-electron chi connectivity index (χ3n) is 10.9. The number of rotatable bonds is 8. The van der Waals surface area contributed by atoms with E-state index in [2.05, 4.69) is 10.3 Å². The predicted molar refractivity (Wildman–Crippen MR) is 179 cm³/mol. The summed E-state index contributed by atoms with van der Waals surface area (Å²) in [5.74, 6) is -5.17. The first kappa shape index (κ1) is 35.6. The Balaban J connectivity index is 1.24. The molecule has 2 aromatic rings. The zero-order valence-corrected chi connectivity index (χ0v) is 28.9. The molecule has 268 valence electrons. The molecule has 1 aromatic carbocycles. The molecule has 2 fully saturated rings. The lowest BCUT2D eigenvalue weighted by atomic mass is 9.57. The van der Waals surface area contributed by atoms with E-state index in [-0.39, 0.29) is 24.8 Å². The fourth-order valence-electron chi connectivity index (χ4n) is 8.46. The van der Waals surface area contributed by atoms with Crippen molar-refractivity contribution < 1.29 is 48.0 Å². The van der Waals surface area contributed by atoms with Gasteiger partial charge in [-0.05, 0) is 50.0 Å². The number of esters is 3. The van der Waals surface area contributed by atoms with Crippen molar-refractivity contribution in [2.24, 2.45) is 29.6 Å². The predicted octanol–water partition coefficient (Wildman–Crippen LogP) is 3.31. The Morgan fingerprint density at radius 2 is 1.88 bits per heavy atom. The molecular formula is C38H46N2O10. The number of methoxy groups -OCH3 is 1. The quantitative estimate of drug-likeness (QED) is 0.162. The number of carbonyl (C=O) groups is 4. The van der Waals surface area contributed by atoms with E-state index in [0.29, 0.717) is 12.1 Å². The Kier molecular flexibility index (Phi) is 10.3. The van der Waals surface area contributed by atoms with Crippen LogP contribution in [0.3, 0.4) is 0 Å². The van der Waals surface area contributed by atoms with Crippen LogP contribution in [0.15, 0.2) is 72.5 Å². The van der Waals surface area contributed by atoms with Gasteiger partial charge in [0.25, 0.3) is 0 Å². The standard InChI is InChI=1S/C38H46N2O10/c1-20-18-21(2)38-25(13-14-26-29(38)30(41)22(3)32(33(26)50-38)49-35(43)27-12-9-16-39-27)19-28(46-5)36(44)48-31(20)23(4)47-37(45)34(42)40-17-15-24-10-7-6-8-11-24/h6-14,16,18,20,22-23,25-26,28-33,39,41H,15,17,19H2,1-5H3,(H,40,42)/b21-18+/t20-,22-,23-,25-,26?,28+,29?,30-,31+,32-,33-,38+/m1/s1. The highest BCUT2D eigenvalue weighted by molar-refractivity contribution is 6.32. The van der Waals surface area contributed by atoms with E-state index in [1.165, 1.54) is 7.11 Å². The number of ether oxygens (including phenoxy) is 5. The summed E-state index contributed by atoms with van der Waals surface area (Å²) < 4.78 is 30.2. The van der Waals surface area contributed by atoms with Gasteiger partial charge in [-0.2, -0.15) is 0 Å². The molecule has 1 spiro atoms. The van der Waals surface area contributed by atoms with Crippen LogP contribution in [0, 0.1) is 29.6 Å². The largest absolute Gasteiger partial charge is 0.456 e. The van der Waals surface area contributed by atoms with E-state index in [0.717, 1.165) is 11.1 Å². The fraction of sp³-hybridized carbons (Fsp3) is 0.526. The van der Waals surface area contributed by atoms with E-state index in [9.17, 15) is 24.3 Å². The number of H-pyrrole nitrogens is 1. The summed E-state index contributed by atoms with van der Waals surface area (Å²) in [5, 5.41) is 14.5. The number of aliphatic hydroxyl groups excluding tert-OH is 1. The molecule has 2 aliphatic heterocycles. The van der Waals surface area contributed by atoms with Crippen molar-refractivity contribution in [2.45, 2.75) is 82.8 Å². The molecule has 2 aliphatic carbocycles. The zero-order chi connectivity index (χ0) is 35.7. The first-order chi connectivity index (χ1) is 24.0. The van der Waals surface area contributed by atoms with Crippen molar-refractivity contribution in [1.82, 2.24) is 10.3 Å². The molecule has 12 nitrogen and oxygen atoms in total. The molecule has 3 heterocycles. The van der Waals surface area contributed by atoms with Crippen LogP contribution in [0.1, 0.15) is 50.2 Å². The molecular weight excluding hydrogens is 644 g/mol. The van der Waals surface area contributed by atoms with Crippen LogP contribution in [0.4, 0.5) is 0 Å². The van der Waals surface area contributed by atoms with Gasteiger partial charge in [-0.1, -0.05) is 62.4 Å². The number of hydrogen-bond donors (Lipinski definition) is 3. The van der Waals surface area contributed by atoms with E-state index in [4.69, 9.17) is 23.7 Å². The van der Waals surface area contributed by atoms with E-state index in [1.807, 2.05) is 69.3 Å². The Bertz CT molecular complexity index is 1620. The average Bonchev–Trinajstić information content (AvgIpc) is 3.71. The third-order valence-corrected chi connectivity index (χ3v) is 10.9. The monoisotopic (exact) mass is 690 g/mol. The molecule has 12 atom stereocenters. The highest BCUT2D eigenvalue weighted by Gasteiger charge is 2.69. The maximum absolute atomic E-state index is 13.6. The highest BCUT2D eigenvalue weighted by Crippen LogP contribution is 2.61. The molecule has 1 saturated heterocycles. The summed E-state index contributed by atoms with van der Waals surface area (Å²) in [6.45, 7) is 7.44. The number of nitrogens with one attached hydrogen (secondary N) is 2. The summed E-state index contributed by atoms with van der Waals surface area (Å²) in [5.41, 5.74) is 1.06. The third kappa shape index (κ3) is 6.52. The first-order valence-electron chi connectivity index (χ1n) is 17.3. The maximum Gasteiger partial charge on any atom is 0.397 e. The van der Waals surface area contributed by atoms with Crippen LogP contribution >= 0.6 is 0 Å². The number of carbonyl (C=O) groups excluding carboxylic acids is 4. The SMILES string of the molecule is CO[C@H]1C[C@H]2C=CC3C4[C@H](O)[C@@H](C)[C@@H](OC(=O)c5ccc[nH]5)[C@@H]3O[C@]42/C(C)=C/[C@@H](C)[C@@H]([C@@H](C)OC(=O)C(=O)NCCc2ccccc2)OC1=O. The lowest BCUT2D eigenvalue weighted by Gasteiger charge is -2.48. The molecule has 12 heteroatoms. The number of aromatic nitrogens is 1. The van der Waals surface area contributed by atoms with E-state index in [1.54, 1.807) is 25.3 Å². The van der Waals surface area contributed by atoms with Gasteiger partial charge in [-0.15, -0.1) is 0 Å². The minimum Gasteiger partial charge on any atom is -0.456 e. The van der Waals surface area contributed by atoms with Gasteiger partial charge >= 0.3 is 23.8 Å². The van der Waals surface area contributed by atoms with Gasteiger partial charge in [0.15, 0.2) is 6.10 Å². The second-order valence-corrected chi connectivity index (χ2v) is 13.9. The lowest BCUT2D eigenvalue weighted by molar-refractivity contribution is -0.180. The van der Waals surface area contributed by atoms with Crippen molar-refractivity contribution in [3.05, 3.63) is 83.7 Å². The van der Waals surface area contributed by atoms with Crippen molar-refractivity contribution in [1.29, 1.82) is 0 Å². The molecule has 50 heavy (non-hydrogen) atoms. The Morgan fingerprint density at radius 3 is 2.58 bits per heavy atom. The van der Waals surface area contributed by atoms with Gasteiger partial charge in [0, 0.05) is 49.4 Å². The van der Waals surface area contributed by atoms with Crippen LogP contribution in [-0.2, 0) is 44.5 Å². The Labute approximate surface area is 291 Å². The minimum absolute atomic E-state index is 0.181. The van der Waals surface area contributed by atoms with Gasteiger partial charge in [-0.3, -0.25) is 4.79 Å². The van der Waals surface area contributed by atoms with Crippen LogP contribution in [0.5, 0.6) is 0 Å². The molecule has 0 radical (unpaired) electrons. The summed E-state index contributed by atoms with van der Waals surface area (Å²) in [6, 6.07) is 12.9. The topological polar surface area (TPSA) is 162 Å². The van der Waals surface area contributed by atoms with Crippen LogP contribution in [0.25, 0.3) is 0 Å². The highest BCUT2D eigenvalue weighted by atomic mass is 16.6. The molecule has 4 aliphatic rings. The molecule has 1 saturated carbocycles. The lowest BCUT2D eigenvalue weighted by Crippen LogP contribution is -2.57. The zero-order valence-electron chi connectivity index (χ0n) is 28.9. The summed E-state index contributed by atoms with van der Waals surface area (Å²) in [4.78, 5) is 55.1. The van der Waals surface area contributed by atoms with Crippen molar-refractivity contribution in [3.63, 3.8) is 0 Å². The number of amides is 1. The van der Waals surface area contributed by atoms with Gasteiger partial charge in [-0.25, -0.2) is 14.4 Å². The van der Waals surface area contributed by atoms with Crippen LogP contribution in [-0.4, -0.2) is 89.8 Å². The number of cyclic esters (lactones) is 1. The number of aliphatic hydroxyl groups is 1. The Morgan fingerprint density at radius 1 is 1.12 bits per heavy atom. The second kappa shape index (κ2) is 14.5. The smallest absolute Gasteiger partial charge is 0.397 e. The van der Waals surface area contributed by atoms with Crippen molar-refractivity contribution in [2.75, 3.05) is 13.7 Å². The average molecular weight is 691 g/mol. The fourth-order valence-corrected chi connectivity index (χ4v) is 8.46. The van der Waals surface area contributed by atoms with E-state index >= 15 is 0 Å². The number of aromatic amines is 1. The summed E-state index contributed by atoms with van der Waals surface area (Å²) >= 11 is 0. The van der Waals surface area contributed by atoms with E-state index < -0.39 is 83.8 Å². The van der Waals surface area contributed by atoms with Crippen molar-refractivity contribution in [3.8, 4) is 0 Å². The van der Waals surface area contributed by atoms with Crippen molar-refractivity contribution >= 4 is 23.8 Å². The Hall–Kier alpha value is -4.26.